The first-order valence-electron chi connectivity index (χ1n) is 6.25. The van der Waals surface area contributed by atoms with Crippen LogP contribution in [0.1, 0.15) is 18.9 Å². The van der Waals surface area contributed by atoms with Gasteiger partial charge < -0.3 is 5.73 Å². The molecule has 4 nitrogen and oxygen atoms in total. The summed E-state index contributed by atoms with van der Waals surface area (Å²) in [5.41, 5.74) is 6.55. The number of rotatable bonds is 3. The van der Waals surface area contributed by atoms with E-state index in [0.717, 1.165) is 12.0 Å². The smallest absolute Gasteiger partial charge is 0.244 e. The van der Waals surface area contributed by atoms with Gasteiger partial charge in [-0.3, -0.25) is 0 Å². The molecule has 1 aliphatic heterocycles. The molecule has 0 saturated carbocycles. The van der Waals surface area contributed by atoms with E-state index < -0.39 is 10.0 Å². The van der Waals surface area contributed by atoms with E-state index in [1.807, 2.05) is 19.9 Å². The van der Waals surface area contributed by atoms with Crippen molar-refractivity contribution in [2.24, 2.45) is 11.1 Å². The summed E-state index contributed by atoms with van der Waals surface area (Å²) in [5, 5.41) is 0. The minimum Gasteiger partial charge on any atom is -0.330 e. The number of nitrogens with zero attached hydrogens (tertiary/aromatic N) is 1. The monoisotopic (exact) mass is 382 g/mol. The maximum atomic E-state index is 12.7. The second kappa shape index (κ2) is 6.32. The van der Waals surface area contributed by atoms with E-state index in [0.29, 0.717) is 29.0 Å². The average molecular weight is 384 g/mol. The molecule has 1 aliphatic rings. The number of hydrogen-bond donors (Lipinski definition) is 1. The zero-order chi connectivity index (χ0) is 14.3. The van der Waals surface area contributed by atoms with E-state index in [-0.39, 0.29) is 17.8 Å². The number of benzene rings is 1. The summed E-state index contributed by atoms with van der Waals surface area (Å²) in [7, 11) is -3.44. The van der Waals surface area contributed by atoms with E-state index in [4.69, 9.17) is 5.73 Å². The Hall–Kier alpha value is -0.140. The molecule has 1 saturated heterocycles. The van der Waals surface area contributed by atoms with Gasteiger partial charge in [0.05, 0.1) is 4.90 Å². The molecule has 2 rings (SSSR count). The van der Waals surface area contributed by atoms with E-state index in [9.17, 15) is 8.42 Å². The lowest BCUT2D eigenvalue weighted by Crippen LogP contribution is -2.34. The van der Waals surface area contributed by atoms with Crippen LogP contribution in [-0.2, 0) is 10.0 Å². The van der Waals surface area contributed by atoms with Crippen LogP contribution >= 0.6 is 28.3 Å². The van der Waals surface area contributed by atoms with Gasteiger partial charge in [-0.1, -0.05) is 19.1 Å². The first kappa shape index (κ1) is 17.9. The molecule has 1 atom stereocenters. The molecular formula is C13H20BrClN2O2S. The van der Waals surface area contributed by atoms with Gasteiger partial charge in [0.2, 0.25) is 10.0 Å². The number of aryl methyl sites for hydroxylation is 1. The van der Waals surface area contributed by atoms with Gasteiger partial charge in [0.25, 0.3) is 0 Å². The summed E-state index contributed by atoms with van der Waals surface area (Å²) in [6.45, 7) is 5.46. The highest BCUT2D eigenvalue weighted by Crippen LogP contribution is 2.35. The van der Waals surface area contributed by atoms with Gasteiger partial charge >= 0.3 is 0 Å². The lowest BCUT2D eigenvalue weighted by Gasteiger charge is -2.23. The molecule has 1 heterocycles. The molecule has 1 aromatic rings. The Morgan fingerprint density at radius 1 is 1.45 bits per heavy atom. The molecule has 1 aromatic carbocycles. The molecule has 0 spiro atoms. The highest BCUT2D eigenvalue weighted by Gasteiger charge is 2.39. The summed E-state index contributed by atoms with van der Waals surface area (Å²) in [4.78, 5) is 0.341. The maximum absolute atomic E-state index is 12.7. The molecule has 2 N–H and O–H groups in total. The molecule has 0 radical (unpaired) electrons. The first-order chi connectivity index (χ1) is 8.80. The summed E-state index contributed by atoms with van der Waals surface area (Å²) in [6.07, 6.45) is 0.812. The van der Waals surface area contributed by atoms with Crippen molar-refractivity contribution in [3.05, 3.63) is 28.2 Å². The third kappa shape index (κ3) is 3.20. The van der Waals surface area contributed by atoms with Gasteiger partial charge in [0.15, 0.2) is 0 Å². The van der Waals surface area contributed by atoms with Crippen molar-refractivity contribution in [2.75, 3.05) is 19.6 Å². The van der Waals surface area contributed by atoms with Crippen molar-refractivity contribution in [3.8, 4) is 0 Å². The molecule has 0 amide bonds. The first-order valence-corrected chi connectivity index (χ1v) is 8.49. The zero-order valence-corrected chi connectivity index (χ0v) is 14.8. The van der Waals surface area contributed by atoms with Gasteiger partial charge in [-0.15, -0.1) is 12.4 Å². The molecule has 0 bridgehead atoms. The topological polar surface area (TPSA) is 63.4 Å². The predicted octanol–water partition coefficient (Wildman–Crippen LogP) is 2.54. The van der Waals surface area contributed by atoms with Gasteiger partial charge in [-0.25, -0.2) is 8.42 Å². The fraction of sp³-hybridized carbons (Fsp3) is 0.538. The van der Waals surface area contributed by atoms with Crippen molar-refractivity contribution in [2.45, 2.75) is 25.2 Å². The van der Waals surface area contributed by atoms with Crippen molar-refractivity contribution in [3.63, 3.8) is 0 Å². The van der Waals surface area contributed by atoms with Crippen LogP contribution in [0, 0.1) is 12.3 Å². The zero-order valence-electron chi connectivity index (χ0n) is 11.6. The largest absolute Gasteiger partial charge is 0.330 e. The minimum atomic E-state index is -3.44. The van der Waals surface area contributed by atoms with Gasteiger partial charge in [0, 0.05) is 17.6 Å². The van der Waals surface area contributed by atoms with Gasteiger partial charge in [-0.2, -0.15) is 4.31 Å². The Balaban J connectivity index is 0.00000200. The molecule has 0 aliphatic carbocycles. The average Bonchev–Trinajstić information content (AvgIpc) is 2.77. The van der Waals surface area contributed by atoms with E-state index in [2.05, 4.69) is 15.9 Å². The number of hydrogen-bond acceptors (Lipinski definition) is 3. The Morgan fingerprint density at radius 2 is 2.10 bits per heavy atom. The van der Waals surface area contributed by atoms with Crippen molar-refractivity contribution in [1.29, 1.82) is 0 Å². The minimum absolute atomic E-state index is 0. The van der Waals surface area contributed by atoms with E-state index >= 15 is 0 Å². The standard InChI is InChI=1S/C13H19BrN2O2S.ClH/c1-10-4-3-5-11(12(10)14)19(17,18)16-7-6-13(2,8-15)9-16;/h3-5H,6-9,15H2,1-2H3;1H. The van der Waals surface area contributed by atoms with Crippen LogP contribution in [0.15, 0.2) is 27.6 Å². The summed E-state index contributed by atoms with van der Waals surface area (Å²) >= 11 is 3.38. The molecule has 0 aromatic heterocycles. The summed E-state index contributed by atoms with van der Waals surface area (Å²) in [5.74, 6) is 0. The lowest BCUT2D eigenvalue weighted by molar-refractivity contribution is 0.349. The highest BCUT2D eigenvalue weighted by molar-refractivity contribution is 9.10. The highest BCUT2D eigenvalue weighted by atomic mass is 79.9. The van der Waals surface area contributed by atoms with Crippen molar-refractivity contribution in [1.82, 2.24) is 4.31 Å². The van der Waals surface area contributed by atoms with Crippen LogP contribution in [0.3, 0.4) is 0 Å². The predicted molar refractivity (Wildman–Crippen MR) is 86.7 cm³/mol. The molecule has 114 valence electrons. The van der Waals surface area contributed by atoms with Crippen LogP contribution in [-0.4, -0.2) is 32.4 Å². The summed E-state index contributed by atoms with van der Waals surface area (Å²) < 4.78 is 27.5. The van der Waals surface area contributed by atoms with Gasteiger partial charge in [0.1, 0.15) is 0 Å². The Kier molecular flexibility index (Phi) is 5.66. The molecular weight excluding hydrogens is 364 g/mol. The fourth-order valence-electron chi connectivity index (χ4n) is 2.31. The van der Waals surface area contributed by atoms with E-state index in [1.165, 1.54) is 0 Å². The van der Waals surface area contributed by atoms with Gasteiger partial charge in [-0.05, 0) is 52.9 Å². The Labute approximate surface area is 135 Å². The summed E-state index contributed by atoms with van der Waals surface area (Å²) in [6, 6.07) is 5.30. The molecule has 20 heavy (non-hydrogen) atoms. The van der Waals surface area contributed by atoms with Crippen molar-refractivity contribution >= 4 is 38.4 Å². The number of nitrogens with two attached hydrogens (primary N) is 1. The third-order valence-electron chi connectivity index (χ3n) is 3.79. The van der Waals surface area contributed by atoms with Crippen molar-refractivity contribution < 1.29 is 8.42 Å². The SMILES string of the molecule is Cc1cccc(S(=O)(=O)N2CCC(C)(CN)C2)c1Br.Cl. The number of sulfonamides is 1. The Morgan fingerprint density at radius 3 is 2.65 bits per heavy atom. The Bertz CT molecular complexity index is 594. The quantitative estimate of drug-likeness (QED) is 0.872. The van der Waals surface area contributed by atoms with Crippen LogP contribution < -0.4 is 5.73 Å². The third-order valence-corrected chi connectivity index (χ3v) is 6.99. The van der Waals surface area contributed by atoms with Crippen LogP contribution in [0.4, 0.5) is 0 Å². The number of halogens is 2. The second-order valence-corrected chi connectivity index (χ2v) is 8.19. The molecule has 1 unspecified atom stereocenters. The molecule has 1 fully saturated rings. The molecule has 7 heteroatoms. The normalized spacial score (nSPS) is 23.6. The maximum Gasteiger partial charge on any atom is 0.244 e. The lowest BCUT2D eigenvalue weighted by atomic mass is 9.90. The van der Waals surface area contributed by atoms with Crippen LogP contribution in [0.2, 0.25) is 0 Å². The fourth-order valence-corrected chi connectivity index (χ4v) is 4.92. The van der Waals surface area contributed by atoms with Crippen LogP contribution in [0.25, 0.3) is 0 Å². The van der Waals surface area contributed by atoms with E-state index in [1.54, 1.807) is 16.4 Å². The van der Waals surface area contributed by atoms with Crippen LogP contribution in [0.5, 0.6) is 0 Å². The second-order valence-electron chi connectivity index (χ2n) is 5.49.